The molecule has 6 rings (SSSR count). The smallest absolute Gasteiger partial charge is 0.271 e. The predicted molar refractivity (Wildman–Crippen MR) is 119 cm³/mol. The predicted octanol–water partition coefficient (Wildman–Crippen LogP) is 4.06. The molecule has 1 atom stereocenters. The molecular formula is C23H20FN3O3S. The number of nitrogens with zero attached hydrogens (tertiary/aromatic N) is 1. The lowest BCUT2D eigenvalue weighted by Gasteiger charge is -2.18. The van der Waals surface area contributed by atoms with Gasteiger partial charge in [-0.25, -0.2) is 4.39 Å². The third-order valence-corrected chi connectivity index (χ3v) is 7.40. The molecule has 3 aromatic heterocycles. The van der Waals surface area contributed by atoms with E-state index in [4.69, 9.17) is 4.74 Å². The number of nitrogens with one attached hydrogen (secondary N) is 2. The molecule has 1 aromatic carbocycles. The van der Waals surface area contributed by atoms with Crippen molar-refractivity contribution in [1.82, 2.24) is 14.1 Å². The summed E-state index contributed by atoms with van der Waals surface area (Å²) >= 11 is 1.17. The minimum atomic E-state index is -0.557. The Morgan fingerprint density at radius 1 is 1.26 bits per heavy atom. The van der Waals surface area contributed by atoms with Crippen LogP contribution in [0.4, 0.5) is 4.39 Å². The molecule has 1 fully saturated rings. The van der Waals surface area contributed by atoms with Crippen molar-refractivity contribution in [3.05, 3.63) is 67.6 Å². The molecule has 158 valence electrons. The van der Waals surface area contributed by atoms with Gasteiger partial charge in [0.15, 0.2) is 11.6 Å². The van der Waals surface area contributed by atoms with Crippen molar-refractivity contribution in [2.75, 3.05) is 7.11 Å². The second-order valence-electron chi connectivity index (χ2n) is 8.35. The summed E-state index contributed by atoms with van der Waals surface area (Å²) in [5, 5.41) is 3.49. The van der Waals surface area contributed by atoms with Gasteiger partial charge in [-0.3, -0.25) is 18.4 Å². The summed E-state index contributed by atoms with van der Waals surface area (Å²) in [5.41, 5.74) is 3.89. The number of aromatic nitrogens is 2. The maximum Gasteiger partial charge on any atom is 0.271 e. The highest BCUT2D eigenvalue weighted by atomic mass is 32.1. The number of methoxy groups -OCH3 is 1. The van der Waals surface area contributed by atoms with E-state index in [2.05, 4.69) is 16.6 Å². The van der Waals surface area contributed by atoms with Gasteiger partial charge in [0.1, 0.15) is 5.39 Å². The number of ether oxygens (including phenoxy) is 1. The number of rotatable bonds is 3. The Morgan fingerprint density at radius 2 is 2.06 bits per heavy atom. The Balaban J connectivity index is 1.74. The van der Waals surface area contributed by atoms with Crippen molar-refractivity contribution in [1.29, 1.82) is 0 Å². The number of aromatic amines is 1. The van der Waals surface area contributed by atoms with E-state index in [0.717, 1.165) is 30.5 Å². The van der Waals surface area contributed by atoms with E-state index in [1.54, 1.807) is 0 Å². The molecule has 1 aliphatic carbocycles. The van der Waals surface area contributed by atoms with E-state index in [1.165, 1.54) is 34.8 Å². The molecule has 6 nitrogen and oxygen atoms in total. The lowest BCUT2D eigenvalue weighted by atomic mass is 9.96. The third kappa shape index (κ3) is 2.58. The van der Waals surface area contributed by atoms with Crippen molar-refractivity contribution in [2.24, 2.45) is 0 Å². The van der Waals surface area contributed by atoms with Gasteiger partial charge in [0.2, 0.25) is 0 Å². The molecule has 0 spiro atoms. The molecule has 2 N–H and O–H groups in total. The van der Waals surface area contributed by atoms with Crippen LogP contribution in [0.2, 0.25) is 0 Å². The molecule has 2 aliphatic rings. The maximum atomic E-state index is 15.5. The SMILES string of the molecule is COc1c(-c2ccc3c(c2)CN[C@@H]3C)c(F)cn2c(=O)c3c(=O)[nH]sc3c(C3CC3)c12. The van der Waals surface area contributed by atoms with E-state index >= 15 is 4.39 Å². The van der Waals surface area contributed by atoms with Gasteiger partial charge in [-0.15, -0.1) is 0 Å². The van der Waals surface area contributed by atoms with E-state index in [9.17, 15) is 9.59 Å². The number of halogens is 1. The molecule has 4 aromatic rings. The van der Waals surface area contributed by atoms with Gasteiger partial charge in [-0.05, 0) is 48.4 Å². The Kier molecular flexibility index (Phi) is 3.94. The average Bonchev–Trinajstić information content (AvgIpc) is 3.43. The lowest BCUT2D eigenvalue weighted by molar-refractivity contribution is 0.415. The molecule has 31 heavy (non-hydrogen) atoms. The van der Waals surface area contributed by atoms with Crippen LogP contribution < -0.4 is 21.2 Å². The monoisotopic (exact) mass is 437 g/mol. The zero-order chi connectivity index (χ0) is 21.4. The molecule has 0 saturated heterocycles. The second-order valence-corrected chi connectivity index (χ2v) is 9.17. The highest BCUT2D eigenvalue weighted by Gasteiger charge is 2.33. The highest BCUT2D eigenvalue weighted by Crippen LogP contribution is 2.49. The van der Waals surface area contributed by atoms with Crippen LogP contribution in [0.5, 0.6) is 5.75 Å². The summed E-state index contributed by atoms with van der Waals surface area (Å²) < 4.78 is 25.8. The minimum Gasteiger partial charge on any atom is -0.494 e. The summed E-state index contributed by atoms with van der Waals surface area (Å²) in [5.74, 6) is 0.000643. The standard InChI is InChI=1S/C23H20FN3O3S/c1-10-14-6-5-12(7-13(14)8-25-10)16-15(24)9-27-19(20(16)30-2)17(11-3-4-11)21-18(23(27)29)22(28)26-31-21/h5-7,9-11,25H,3-4,8H2,1-2H3,(H,26,28)/t10-/m1/s1. The van der Waals surface area contributed by atoms with Crippen LogP contribution in [0, 0.1) is 5.82 Å². The Bertz CT molecular complexity index is 1510. The van der Waals surface area contributed by atoms with Crippen molar-refractivity contribution in [3.63, 3.8) is 0 Å². The van der Waals surface area contributed by atoms with E-state index in [-0.39, 0.29) is 17.3 Å². The van der Waals surface area contributed by atoms with Gasteiger partial charge < -0.3 is 10.1 Å². The van der Waals surface area contributed by atoms with Crippen LogP contribution in [-0.2, 0) is 6.54 Å². The van der Waals surface area contributed by atoms with Crippen LogP contribution in [0.3, 0.4) is 0 Å². The third-order valence-electron chi connectivity index (χ3n) is 6.48. The van der Waals surface area contributed by atoms with Gasteiger partial charge in [-0.2, -0.15) is 0 Å². The van der Waals surface area contributed by atoms with Crippen LogP contribution in [0.15, 0.2) is 34.0 Å². The first-order valence-corrected chi connectivity index (χ1v) is 11.1. The average molecular weight is 437 g/mol. The van der Waals surface area contributed by atoms with E-state index < -0.39 is 16.9 Å². The van der Waals surface area contributed by atoms with Gasteiger partial charge >= 0.3 is 0 Å². The first-order valence-electron chi connectivity index (χ1n) is 10.3. The van der Waals surface area contributed by atoms with E-state index in [0.29, 0.717) is 27.1 Å². The quantitative estimate of drug-likeness (QED) is 0.507. The molecule has 0 unspecified atom stereocenters. The molecule has 1 saturated carbocycles. The van der Waals surface area contributed by atoms with Crippen LogP contribution in [-0.4, -0.2) is 15.9 Å². The Hall–Kier alpha value is -2.97. The van der Waals surface area contributed by atoms with Crippen molar-refractivity contribution in [2.45, 2.75) is 38.3 Å². The zero-order valence-corrected chi connectivity index (χ0v) is 17.9. The molecule has 8 heteroatoms. The van der Waals surface area contributed by atoms with Gasteiger partial charge in [-0.1, -0.05) is 23.7 Å². The highest BCUT2D eigenvalue weighted by molar-refractivity contribution is 7.13. The summed E-state index contributed by atoms with van der Waals surface area (Å²) in [4.78, 5) is 25.5. The molecule has 0 bridgehead atoms. The van der Waals surface area contributed by atoms with E-state index in [1.807, 2.05) is 18.2 Å². The van der Waals surface area contributed by atoms with Crippen molar-refractivity contribution >= 4 is 27.1 Å². The second kappa shape index (κ2) is 6.51. The summed E-state index contributed by atoms with van der Waals surface area (Å²) in [6, 6.07) is 6.18. The summed E-state index contributed by atoms with van der Waals surface area (Å²) in [6.45, 7) is 2.83. The molecular weight excluding hydrogens is 417 g/mol. The Labute approximate surface area is 180 Å². The van der Waals surface area contributed by atoms with Crippen molar-refractivity contribution < 1.29 is 9.13 Å². The number of pyridine rings is 2. The molecule has 0 amide bonds. The summed E-state index contributed by atoms with van der Waals surface area (Å²) in [6.07, 6.45) is 3.13. The number of benzene rings is 1. The normalized spacial score (nSPS) is 18.1. The number of hydrogen-bond donors (Lipinski definition) is 2. The first-order chi connectivity index (χ1) is 15.0. The first kappa shape index (κ1) is 18.8. The fraction of sp³-hybridized carbons (Fsp3) is 0.304. The van der Waals surface area contributed by atoms with Crippen LogP contribution >= 0.6 is 11.5 Å². The van der Waals surface area contributed by atoms with Crippen LogP contribution in [0.25, 0.3) is 26.7 Å². The molecule has 1 aliphatic heterocycles. The largest absolute Gasteiger partial charge is 0.494 e. The fourth-order valence-electron chi connectivity index (χ4n) is 4.83. The summed E-state index contributed by atoms with van der Waals surface area (Å²) in [7, 11) is 1.50. The number of H-pyrrole nitrogens is 1. The number of fused-ring (bicyclic) bond motifs is 3. The van der Waals surface area contributed by atoms with Gasteiger partial charge in [0, 0.05) is 24.3 Å². The lowest BCUT2D eigenvalue weighted by Crippen LogP contribution is -2.21. The minimum absolute atomic E-state index is 0.0937. The molecule has 0 radical (unpaired) electrons. The maximum absolute atomic E-state index is 15.5. The molecule has 4 heterocycles. The van der Waals surface area contributed by atoms with Crippen LogP contribution in [0.1, 0.15) is 48.4 Å². The van der Waals surface area contributed by atoms with Crippen molar-refractivity contribution in [3.8, 4) is 16.9 Å². The van der Waals surface area contributed by atoms with Gasteiger partial charge in [0.05, 0.1) is 22.9 Å². The number of hydrogen-bond acceptors (Lipinski definition) is 5. The topological polar surface area (TPSA) is 75.6 Å². The van der Waals surface area contributed by atoms with Gasteiger partial charge in [0.25, 0.3) is 11.1 Å². The fourth-order valence-corrected chi connectivity index (χ4v) is 5.79. The zero-order valence-electron chi connectivity index (χ0n) is 17.0. The Morgan fingerprint density at radius 3 is 2.81 bits per heavy atom.